The van der Waals surface area contributed by atoms with Gasteiger partial charge in [-0.05, 0) is 42.0 Å². The first-order chi connectivity index (χ1) is 10.6. The van der Waals surface area contributed by atoms with Gasteiger partial charge in [-0.25, -0.2) is 4.39 Å². The molecule has 8 heteroatoms. The van der Waals surface area contributed by atoms with Crippen LogP contribution < -0.4 is 5.32 Å². The van der Waals surface area contributed by atoms with Crippen LogP contribution in [0.15, 0.2) is 41.0 Å². The van der Waals surface area contributed by atoms with Crippen molar-refractivity contribution in [3.63, 3.8) is 0 Å². The number of amides is 1. The predicted octanol–water partition coefficient (Wildman–Crippen LogP) is 2.02. The Morgan fingerprint density at radius 1 is 1.41 bits per heavy atom. The molecular formula is C14H12FN5O2. The second-order valence-electron chi connectivity index (χ2n) is 4.63. The van der Waals surface area contributed by atoms with Gasteiger partial charge in [-0.1, -0.05) is 6.07 Å². The summed E-state index contributed by atoms with van der Waals surface area (Å²) in [7, 11) is 0. The summed E-state index contributed by atoms with van der Waals surface area (Å²) in [5.41, 5.74) is 1.17. The summed E-state index contributed by atoms with van der Waals surface area (Å²) in [6.07, 6.45) is 1.50. The smallest absolute Gasteiger partial charge is 0.248 e. The minimum absolute atomic E-state index is 0.135. The van der Waals surface area contributed by atoms with Gasteiger partial charge >= 0.3 is 0 Å². The van der Waals surface area contributed by atoms with Crippen LogP contribution in [0, 0.1) is 12.7 Å². The Bertz CT molecular complexity index is 797. The van der Waals surface area contributed by atoms with Gasteiger partial charge in [0.05, 0.1) is 6.26 Å². The van der Waals surface area contributed by atoms with Crippen molar-refractivity contribution >= 4 is 11.6 Å². The van der Waals surface area contributed by atoms with E-state index in [4.69, 9.17) is 4.42 Å². The number of carbonyl (C=O) groups excluding carboxylic acids is 1. The molecule has 22 heavy (non-hydrogen) atoms. The number of carbonyl (C=O) groups is 1. The maximum Gasteiger partial charge on any atom is 0.248 e. The molecule has 0 fully saturated rings. The van der Waals surface area contributed by atoms with E-state index in [1.54, 1.807) is 25.1 Å². The fourth-order valence-corrected chi connectivity index (χ4v) is 1.86. The van der Waals surface area contributed by atoms with E-state index in [1.165, 1.54) is 18.4 Å². The molecule has 112 valence electrons. The number of anilines is 1. The summed E-state index contributed by atoms with van der Waals surface area (Å²) in [4.78, 5) is 13.1. The number of halogens is 1. The molecule has 0 aliphatic heterocycles. The van der Waals surface area contributed by atoms with Crippen LogP contribution in [0.1, 0.15) is 5.56 Å². The Hall–Kier alpha value is -3.03. The molecule has 2 aromatic heterocycles. The zero-order valence-electron chi connectivity index (χ0n) is 11.7. The number of nitrogens with one attached hydrogen (secondary N) is 1. The van der Waals surface area contributed by atoms with Crippen LogP contribution in [0.3, 0.4) is 0 Å². The number of tetrazole rings is 1. The lowest BCUT2D eigenvalue weighted by atomic mass is 10.2. The largest absolute Gasteiger partial charge is 0.461 e. The summed E-state index contributed by atoms with van der Waals surface area (Å²) in [5.74, 6) is -0.0376. The van der Waals surface area contributed by atoms with E-state index in [9.17, 15) is 9.18 Å². The fraction of sp³-hybridized carbons (Fsp3) is 0.143. The van der Waals surface area contributed by atoms with Crippen LogP contribution in [0.4, 0.5) is 10.1 Å². The van der Waals surface area contributed by atoms with Crippen LogP contribution in [0.2, 0.25) is 0 Å². The Kier molecular flexibility index (Phi) is 3.65. The van der Waals surface area contributed by atoms with Gasteiger partial charge in [-0.2, -0.15) is 4.80 Å². The number of aryl methyl sites for hydroxylation is 1. The van der Waals surface area contributed by atoms with Crippen molar-refractivity contribution in [3.05, 3.63) is 48.0 Å². The van der Waals surface area contributed by atoms with Gasteiger partial charge in [-0.3, -0.25) is 4.79 Å². The average molecular weight is 301 g/mol. The van der Waals surface area contributed by atoms with Crippen molar-refractivity contribution < 1.29 is 13.6 Å². The lowest BCUT2D eigenvalue weighted by Crippen LogP contribution is -2.21. The lowest BCUT2D eigenvalue weighted by molar-refractivity contribution is -0.117. The fourth-order valence-electron chi connectivity index (χ4n) is 1.86. The second kappa shape index (κ2) is 5.76. The van der Waals surface area contributed by atoms with E-state index in [0.29, 0.717) is 17.3 Å². The molecule has 0 saturated carbocycles. The van der Waals surface area contributed by atoms with Gasteiger partial charge in [0.2, 0.25) is 11.7 Å². The molecule has 0 radical (unpaired) electrons. The highest BCUT2D eigenvalue weighted by atomic mass is 19.1. The number of aromatic nitrogens is 4. The third-order valence-electron chi connectivity index (χ3n) is 2.95. The van der Waals surface area contributed by atoms with E-state index < -0.39 is 5.82 Å². The molecule has 0 unspecified atom stereocenters. The molecular weight excluding hydrogens is 289 g/mol. The van der Waals surface area contributed by atoms with Gasteiger partial charge in [0, 0.05) is 5.69 Å². The van der Waals surface area contributed by atoms with E-state index >= 15 is 0 Å². The van der Waals surface area contributed by atoms with Gasteiger partial charge < -0.3 is 9.73 Å². The maximum atomic E-state index is 13.2. The zero-order chi connectivity index (χ0) is 15.5. The van der Waals surface area contributed by atoms with Crippen LogP contribution >= 0.6 is 0 Å². The molecule has 0 aliphatic carbocycles. The molecule has 0 spiro atoms. The second-order valence-corrected chi connectivity index (χ2v) is 4.63. The molecule has 1 N–H and O–H groups in total. The van der Waals surface area contributed by atoms with Crippen molar-refractivity contribution in [1.29, 1.82) is 0 Å². The monoisotopic (exact) mass is 301 g/mol. The molecule has 0 aliphatic rings. The van der Waals surface area contributed by atoms with Crippen LogP contribution in [0.25, 0.3) is 11.6 Å². The first-order valence-corrected chi connectivity index (χ1v) is 6.49. The Labute approximate surface area is 124 Å². The van der Waals surface area contributed by atoms with Gasteiger partial charge in [0.1, 0.15) is 12.4 Å². The third-order valence-corrected chi connectivity index (χ3v) is 2.95. The Morgan fingerprint density at radius 2 is 2.27 bits per heavy atom. The minimum atomic E-state index is -0.417. The number of nitrogens with zero attached hydrogens (tertiary/aromatic N) is 4. The summed E-state index contributed by atoms with van der Waals surface area (Å²) < 4.78 is 18.3. The summed E-state index contributed by atoms with van der Waals surface area (Å²) in [6, 6.07) is 7.58. The first kappa shape index (κ1) is 13.9. The highest BCUT2D eigenvalue weighted by molar-refractivity contribution is 5.91. The average Bonchev–Trinajstić information content (AvgIpc) is 3.13. The normalized spacial score (nSPS) is 10.6. The van der Waals surface area contributed by atoms with Crippen molar-refractivity contribution in [2.45, 2.75) is 13.5 Å². The van der Waals surface area contributed by atoms with E-state index in [1.807, 2.05) is 0 Å². The van der Waals surface area contributed by atoms with Crippen LogP contribution in [0.5, 0.6) is 0 Å². The van der Waals surface area contributed by atoms with Gasteiger partial charge in [-0.15, -0.1) is 10.2 Å². The topological polar surface area (TPSA) is 85.8 Å². The summed E-state index contributed by atoms with van der Waals surface area (Å²) in [5, 5.41) is 14.2. The van der Waals surface area contributed by atoms with E-state index in [0.717, 1.165) is 10.4 Å². The molecule has 0 atom stereocenters. The zero-order valence-corrected chi connectivity index (χ0v) is 11.7. The van der Waals surface area contributed by atoms with Crippen molar-refractivity contribution in [2.75, 3.05) is 5.32 Å². The molecule has 3 aromatic rings. The standard InChI is InChI=1S/C14H12FN5O2/c1-9-4-5-10(15)7-11(9)16-13(21)8-20-18-14(17-19-20)12-3-2-6-22-12/h2-7H,8H2,1H3,(H,16,21). The molecule has 1 amide bonds. The van der Waals surface area contributed by atoms with Gasteiger partial charge in [0.25, 0.3) is 0 Å². The molecule has 1 aromatic carbocycles. The quantitative estimate of drug-likeness (QED) is 0.796. The minimum Gasteiger partial charge on any atom is -0.461 e. The van der Waals surface area contributed by atoms with Crippen LogP contribution in [-0.4, -0.2) is 26.1 Å². The molecule has 0 saturated heterocycles. The molecule has 0 bridgehead atoms. The molecule has 7 nitrogen and oxygen atoms in total. The number of rotatable bonds is 4. The number of benzene rings is 1. The number of hydrogen-bond acceptors (Lipinski definition) is 5. The summed E-state index contributed by atoms with van der Waals surface area (Å²) in [6.45, 7) is 1.64. The first-order valence-electron chi connectivity index (χ1n) is 6.49. The number of furan rings is 1. The Morgan fingerprint density at radius 3 is 3.05 bits per heavy atom. The number of hydrogen-bond donors (Lipinski definition) is 1. The predicted molar refractivity (Wildman–Crippen MR) is 75.3 cm³/mol. The van der Waals surface area contributed by atoms with Crippen LogP contribution in [-0.2, 0) is 11.3 Å². The van der Waals surface area contributed by atoms with Crippen molar-refractivity contribution in [2.24, 2.45) is 0 Å². The molecule has 2 heterocycles. The highest BCUT2D eigenvalue weighted by Crippen LogP contribution is 2.16. The maximum absolute atomic E-state index is 13.2. The third kappa shape index (κ3) is 3.00. The molecule has 3 rings (SSSR count). The van der Waals surface area contributed by atoms with Gasteiger partial charge in [0.15, 0.2) is 5.76 Å². The van der Waals surface area contributed by atoms with Crippen molar-refractivity contribution in [3.8, 4) is 11.6 Å². The van der Waals surface area contributed by atoms with Crippen molar-refractivity contribution in [1.82, 2.24) is 20.2 Å². The Balaban J connectivity index is 1.68. The SMILES string of the molecule is Cc1ccc(F)cc1NC(=O)Cn1nnc(-c2ccco2)n1. The highest BCUT2D eigenvalue weighted by Gasteiger charge is 2.12. The lowest BCUT2D eigenvalue weighted by Gasteiger charge is -2.07. The summed E-state index contributed by atoms with van der Waals surface area (Å²) >= 11 is 0. The van der Waals surface area contributed by atoms with E-state index in [-0.39, 0.29) is 12.5 Å². The van der Waals surface area contributed by atoms with E-state index in [2.05, 4.69) is 20.7 Å².